The van der Waals surface area contributed by atoms with Gasteiger partial charge in [0.2, 0.25) is 5.91 Å². The molecule has 0 heterocycles. The van der Waals surface area contributed by atoms with Gasteiger partial charge in [-0.15, -0.1) is 0 Å². The van der Waals surface area contributed by atoms with Crippen LogP contribution in [0.2, 0.25) is 0 Å². The molecular weight excluding hydrogens is 355 g/mol. The molecule has 0 saturated carbocycles. The lowest BCUT2D eigenvalue weighted by Crippen LogP contribution is -2.30. The normalized spacial score (nSPS) is 11.5. The molecule has 2 amide bonds. The van der Waals surface area contributed by atoms with Crippen molar-refractivity contribution in [2.75, 3.05) is 5.32 Å². The van der Waals surface area contributed by atoms with Crippen LogP contribution < -0.4 is 10.6 Å². The fourth-order valence-corrected chi connectivity index (χ4v) is 2.95. The maximum absolute atomic E-state index is 14.3. The van der Waals surface area contributed by atoms with E-state index in [-0.39, 0.29) is 11.5 Å². The summed E-state index contributed by atoms with van der Waals surface area (Å²) in [7, 11) is 0. The first-order valence-electron chi connectivity index (χ1n) is 8.93. The first kappa shape index (κ1) is 19.3. The van der Waals surface area contributed by atoms with Gasteiger partial charge in [0.1, 0.15) is 5.82 Å². The number of benzene rings is 3. The van der Waals surface area contributed by atoms with E-state index < -0.39 is 17.8 Å². The van der Waals surface area contributed by atoms with Gasteiger partial charge in [-0.3, -0.25) is 9.59 Å². The largest absolute Gasteiger partial charge is 0.341 e. The molecule has 0 aliphatic carbocycles. The van der Waals surface area contributed by atoms with Crippen molar-refractivity contribution in [3.8, 4) is 0 Å². The number of rotatable bonds is 5. The molecule has 3 aromatic carbocycles. The molecule has 2 N–H and O–H groups in total. The zero-order valence-corrected chi connectivity index (χ0v) is 15.7. The van der Waals surface area contributed by atoms with Crippen LogP contribution in [0.5, 0.6) is 0 Å². The van der Waals surface area contributed by atoms with E-state index in [1.54, 1.807) is 0 Å². The van der Waals surface area contributed by atoms with Crippen LogP contribution in [0.3, 0.4) is 0 Å². The molecule has 3 rings (SSSR count). The molecule has 1 unspecified atom stereocenters. The van der Waals surface area contributed by atoms with Crippen molar-refractivity contribution in [2.45, 2.75) is 19.9 Å². The van der Waals surface area contributed by atoms with E-state index in [0.717, 1.165) is 16.7 Å². The monoisotopic (exact) mass is 376 g/mol. The predicted molar refractivity (Wildman–Crippen MR) is 108 cm³/mol. The van der Waals surface area contributed by atoms with Crippen LogP contribution in [-0.4, -0.2) is 11.8 Å². The van der Waals surface area contributed by atoms with Crippen molar-refractivity contribution in [1.82, 2.24) is 5.32 Å². The molecule has 142 valence electrons. The molecule has 1 atom stereocenters. The smallest absolute Gasteiger partial charge is 0.255 e. The lowest BCUT2D eigenvalue weighted by atomic mass is 9.97. The molecule has 0 radical (unpaired) electrons. The van der Waals surface area contributed by atoms with Crippen LogP contribution >= 0.6 is 0 Å². The lowest BCUT2D eigenvalue weighted by molar-refractivity contribution is -0.114. The Morgan fingerprint density at radius 1 is 0.893 bits per heavy atom. The summed E-state index contributed by atoms with van der Waals surface area (Å²) in [5, 5.41) is 5.48. The van der Waals surface area contributed by atoms with E-state index in [1.165, 1.54) is 25.1 Å². The number of carbonyl (C=O) groups is 2. The van der Waals surface area contributed by atoms with Crippen LogP contribution in [0.1, 0.15) is 40.0 Å². The average molecular weight is 376 g/mol. The quantitative estimate of drug-likeness (QED) is 0.683. The Bertz CT molecular complexity index is 985. The van der Waals surface area contributed by atoms with Crippen molar-refractivity contribution in [1.29, 1.82) is 0 Å². The Balaban J connectivity index is 1.94. The first-order chi connectivity index (χ1) is 13.4. The predicted octanol–water partition coefficient (Wildman–Crippen LogP) is 4.61. The number of halogens is 1. The van der Waals surface area contributed by atoms with E-state index in [4.69, 9.17) is 0 Å². The van der Waals surface area contributed by atoms with Crippen LogP contribution in [-0.2, 0) is 4.79 Å². The van der Waals surface area contributed by atoms with Gasteiger partial charge in [0.25, 0.3) is 5.91 Å². The Hall–Kier alpha value is -3.47. The van der Waals surface area contributed by atoms with Gasteiger partial charge in [-0.1, -0.05) is 60.2 Å². The number of anilines is 1. The van der Waals surface area contributed by atoms with Crippen molar-refractivity contribution < 1.29 is 14.0 Å². The topological polar surface area (TPSA) is 58.2 Å². The molecule has 28 heavy (non-hydrogen) atoms. The SMILES string of the molecule is CC(=O)Nc1ccc(F)c(C(=O)NC(c2ccccc2)c2ccc(C)cc2)c1. The Kier molecular flexibility index (Phi) is 5.84. The molecule has 5 heteroatoms. The summed E-state index contributed by atoms with van der Waals surface area (Å²) in [5.74, 6) is -1.50. The zero-order valence-electron chi connectivity index (χ0n) is 15.7. The minimum atomic E-state index is -0.651. The van der Waals surface area contributed by atoms with Gasteiger partial charge in [0.05, 0.1) is 11.6 Å². The summed E-state index contributed by atoms with van der Waals surface area (Å²) < 4.78 is 14.3. The lowest BCUT2D eigenvalue weighted by Gasteiger charge is -2.20. The van der Waals surface area contributed by atoms with Crippen LogP contribution in [0.4, 0.5) is 10.1 Å². The summed E-state index contributed by atoms with van der Waals surface area (Å²) in [6.45, 7) is 3.34. The van der Waals surface area contributed by atoms with Gasteiger partial charge in [-0.05, 0) is 36.2 Å². The molecule has 0 fully saturated rings. The highest BCUT2D eigenvalue weighted by atomic mass is 19.1. The Labute approximate surface area is 163 Å². The minimum Gasteiger partial charge on any atom is -0.341 e. The highest BCUT2D eigenvalue weighted by molar-refractivity contribution is 5.97. The van der Waals surface area contributed by atoms with Crippen LogP contribution in [0.15, 0.2) is 72.8 Å². The second-order valence-corrected chi connectivity index (χ2v) is 6.60. The van der Waals surface area contributed by atoms with Gasteiger partial charge in [0, 0.05) is 12.6 Å². The fraction of sp³-hybridized carbons (Fsp3) is 0.130. The second-order valence-electron chi connectivity index (χ2n) is 6.60. The Morgan fingerprint density at radius 3 is 2.18 bits per heavy atom. The first-order valence-corrected chi connectivity index (χ1v) is 8.93. The van der Waals surface area contributed by atoms with E-state index >= 15 is 0 Å². The fourth-order valence-electron chi connectivity index (χ4n) is 2.95. The maximum Gasteiger partial charge on any atom is 0.255 e. The van der Waals surface area contributed by atoms with E-state index in [9.17, 15) is 14.0 Å². The molecule has 0 aromatic heterocycles. The summed E-state index contributed by atoms with van der Waals surface area (Å²) in [6, 6.07) is 20.8. The minimum absolute atomic E-state index is 0.126. The summed E-state index contributed by atoms with van der Waals surface area (Å²) in [5.41, 5.74) is 3.13. The standard InChI is InChI=1S/C23H21FN2O2/c1-15-8-10-18(11-9-15)22(17-6-4-3-5-7-17)26-23(28)20-14-19(25-16(2)27)12-13-21(20)24/h3-14,22H,1-2H3,(H,25,27)(H,26,28). The van der Waals surface area contributed by atoms with Gasteiger partial charge >= 0.3 is 0 Å². The number of amides is 2. The molecular formula is C23H21FN2O2. The molecule has 0 aliphatic rings. The molecule has 0 aliphatic heterocycles. The third kappa shape index (κ3) is 4.62. The van der Waals surface area contributed by atoms with Gasteiger partial charge in [-0.2, -0.15) is 0 Å². The molecule has 0 spiro atoms. The molecule has 4 nitrogen and oxygen atoms in total. The van der Waals surface area contributed by atoms with Crippen molar-refractivity contribution in [3.05, 3.63) is 101 Å². The zero-order chi connectivity index (χ0) is 20.1. The van der Waals surface area contributed by atoms with Crippen LogP contribution in [0.25, 0.3) is 0 Å². The van der Waals surface area contributed by atoms with Crippen molar-refractivity contribution in [3.63, 3.8) is 0 Å². The highest BCUT2D eigenvalue weighted by Gasteiger charge is 2.20. The van der Waals surface area contributed by atoms with Gasteiger partial charge in [0.15, 0.2) is 0 Å². The van der Waals surface area contributed by atoms with Crippen molar-refractivity contribution >= 4 is 17.5 Å². The molecule has 0 saturated heterocycles. The third-order valence-electron chi connectivity index (χ3n) is 4.35. The summed E-state index contributed by atoms with van der Waals surface area (Å²) in [4.78, 5) is 24.1. The second kappa shape index (κ2) is 8.48. The van der Waals surface area contributed by atoms with Crippen molar-refractivity contribution in [2.24, 2.45) is 0 Å². The van der Waals surface area contributed by atoms with Gasteiger partial charge in [-0.25, -0.2) is 4.39 Å². The number of hydrogen-bond donors (Lipinski definition) is 2. The number of aryl methyl sites for hydroxylation is 1. The average Bonchev–Trinajstić information content (AvgIpc) is 2.68. The van der Waals surface area contributed by atoms with E-state index in [0.29, 0.717) is 5.69 Å². The number of carbonyl (C=O) groups excluding carboxylic acids is 2. The van der Waals surface area contributed by atoms with Gasteiger partial charge < -0.3 is 10.6 Å². The summed E-state index contributed by atoms with van der Waals surface area (Å²) >= 11 is 0. The van der Waals surface area contributed by atoms with Crippen LogP contribution in [0, 0.1) is 12.7 Å². The maximum atomic E-state index is 14.3. The Morgan fingerprint density at radius 2 is 1.54 bits per heavy atom. The van der Waals surface area contributed by atoms with E-state index in [2.05, 4.69) is 10.6 Å². The molecule has 3 aromatic rings. The molecule has 0 bridgehead atoms. The summed E-state index contributed by atoms with van der Waals surface area (Å²) in [6.07, 6.45) is 0. The third-order valence-corrected chi connectivity index (χ3v) is 4.35. The van der Waals surface area contributed by atoms with E-state index in [1.807, 2.05) is 61.5 Å². The number of nitrogens with one attached hydrogen (secondary N) is 2. The highest BCUT2D eigenvalue weighted by Crippen LogP contribution is 2.24. The number of hydrogen-bond acceptors (Lipinski definition) is 2.